The lowest BCUT2D eigenvalue weighted by Gasteiger charge is -2.33. The number of benzene rings is 1. The van der Waals surface area contributed by atoms with Gasteiger partial charge in [0.15, 0.2) is 0 Å². The molecule has 1 atom stereocenters. The first-order valence-electron chi connectivity index (χ1n) is 10.3. The summed E-state index contributed by atoms with van der Waals surface area (Å²) in [5.74, 6) is -1.24. The third-order valence-corrected chi connectivity index (χ3v) is 7.06. The van der Waals surface area contributed by atoms with E-state index in [1.165, 1.54) is 11.3 Å². The van der Waals surface area contributed by atoms with Crippen LogP contribution in [0.1, 0.15) is 60.8 Å². The van der Waals surface area contributed by atoms with Crippen LogP contribution in [0.3, 0.4) is 0 Å². The molecule has 2 aromatic rings. The molecule has 0 aliphatic heterocycles. The smallest absolute Gasteiger partial charge is 0.303 e. The van der Waals surface area contributed by atoms with Crippen LogP contribution in [0.15, 0.2) is 24.3 Å². The quantitative estimate of drug-likeness (QED) is 0.520. The van der Waals surface area contributed by atoms with Crippen molar-refractivity contribution in [2.45, 2.75) is 52.9 Å². The van der Waals surface area contributed by atoms with Gasteiger partial charge in [0.25, 0.3) is 5.91 Å². The Morgan fingerprint density at radius 2 is 1.81 bits per heavy atom. The highest BCUT2D eigenvalue weighted by Gasteiger charge is 2.34. The normalized spacial score (nSPS) is 15.8. The van der Waals surface area contributed by atoms with Crippen LogP contribution in [0.25, 0.3) is 0 Å². The Labute approximate surface area is 191 Å². The minimum absolute atomic E-state index is 0.138. The van der Waals surface area contributed by atoms with Gasteiger partial charge in [-0.1, -0.05) is 32.4 Å². The zero-order valence-corrected chi connectivity index (χ0v) is 19.5. The summed E-state index contributed by atoms with van der Waals surface area (Å²) in [6, 6.07) is 6.84. The fraction of sp³-hybridized carbons (Fsp3) is 0.435. The SMILES string of the molecule is CC(C)(C)C1CCc2c(sc(NC(=O)CCC(=O)O)c2C(=O)Nc2ccc(Cl)cc2)C1. The molecule has 0 radical (unpaired) electrons. The van der Waals surface area contributed by atoms with E-state index in [0.717, 1.165) is 29.7 Å². The van der Waals surface area contributed by atoms with Crippen LogP contribution in [-0.2, 0) is 22.4 Å². The second kappa shape index (κ2) is 9.40. The maximum absolute atomic E-state index is 13.2. The Hall–Kier alpha value is -2.38. The molecule has 1 aromatic heterocycles. The maximum atomic E-state index is 13.2. The van der Waals surface area contributed by atoms with Crippen LogP contribution in [0.5, 0.6) is 0 Å². The molecule has 0 spiro atoms. The van der Waals surface area contributed by atoms with Gasteiger partial charge in [0.2, 0.25) is 5.91 Å². The fourth-order valence-electron chi connectivity index (χ4n) is 3.79. The predicted octanol–water partition coefficient (Wildman–Crippen LogP) is 5.61. The summed E-state index contributed by atoms with van der Waals surface area (Å²) in [6.07, 6.45) is 2.20. The van der Waals surface area contributed by atoms with Crippen molar-refractivity contribution in [1.29, 1.82) is 0 Å². The molecule has 0 fully saturated rings. The number of carboxylic acids is 1. The maximum Gasteiger partial charge on any atom is 0.303 e. The largest absolute Gasteiger partial charge is 0.481 e. The van der Waals surface area contributed by atoms with Gasteiger partial charge < -0.3 is 15.7 Å². The van der Waals surface area contributed by atoms with Gasteiger partial charge >= 0.3 is 5.97 Å². The third-order valence-electron chi connectivity index (χ3n) is 5.64. The van der Waals surface area contributed by atoms with E-state index in [4.69, 9.17) is 16.7 Å². The van der Waals surface area contributed by atoms with Gasteiger partial charge in [0.05, 0.1) is 12.0 Å². The molecule has 3 rings (SSSR count). The van der Waals surface area contributed by atoms with Crippen LogP contribution >= 0.6 is 22.9 Å². The first-order valence-corrected chi connectivity index (χ1v) is 11.5. The van der Waals surface area contributed by atoms with Gasteiger partial charge in [-0.15, -0.1) is 11.3 Å². The van der Waals surface area contributed by atoms with E-state index in [0.29, 0.717) is 27.2 Å². The molecule has 0 bridgehead atoms. The molecule has 1 aromatic carbocycles. The molecule has 31 heavy (non-hydrogen) atoms. The van der Waals surface area contributed by atoms with Crippen molar-refractivity contribution in [1.82, 2.24) is 0 Å². The molecule has 3 N–H and O–H groups in total. The van der Waals surface area contributed by atoms with E-state index >= 15 is 0 Å². The average Bonchev–Trinajstić information content (AvgIpc) is 3.04. The highest BCUT2D eigenvalue weighted by Crippen LogP contribution is 2.44. The number of hydrogen-bond acceptors (Lipinski definition) is 4. The van der Waals surface area contributed by atoms with E-state index in [1.807, 2.05) is 0 Å². The van der Waals surface area contributed by atoms with Gasteiger partial charge in [-0.25, -0.2) is 0 Å². The number of carbonyl (C=O) groups is 3. The van der Waals surface area contributed by atoms with E-state index in [1.54, 1.807) is 24.3 Å². The molecule has 0 saturated carbocycles. The van der Waals surface area contributed by atoms with E-state index in [-0.39, 0.29) is 24.2 Å². The second-order valence-electron chi connectivity index (χ2n) is 8.92. The Bertz CT molecular complexity index is 992. The summed E-state index contributed by atoms with van der Waals surface area (Å²) in [4.78, 5) is 37.4. The fourth-order valence-corrected chi connectivity index (χ4v) is 5.26. The van der Waals surface area contributed by atoms with Crippen LogP contribution in [-0.4, -0.2) is 22.9 Å². The van der Waals surface area contributed by atoms with Crippen molar-refractivity contribution >= 4 is 51.4 Å². The van der Waals surface area contributed by atoms with Crippen molar-refractivity contribution in [2.24, 2.45) is 11.3 Å². The average molecular weight is 463 g/mol. The Kier molecular flexibility index (Phi) is 7.06. The van der Waals surface area contributed by atoms with Crippen molar-refractivity contribution in [3.8, 4) is 0 Å². The highest BCUT2D eigenvalue weighted by molar-refractivity contribution is 7.17. The van der Waals surface area contributed by atoms with Gasteiger partial charge in [0.1, 0.15) is 5.00 Å². The summed E-state index contributed by atoms with van der Waals surface area (Å²) in [7, 11) is 0. The van der Waals surface area contributed by atoms with Crippen LogP contribution in [0.4, 0.5) is 10.7 Å². The molecule has 166 valence electrons. The van der Waals surface area contributed by atoms with E-state index in [9.17, 15) is 14.4 Å². The molecule has 6 nitrogen and oxygen atoms in total. The number of rotatable bonds is 6. The number of carboxylic acid groups (broad SMARTS) is 1. The zero-order valence-electron chi connectivity index (χ0n) is 17.9. The summed E-state index contributed by atoms with van der Waals surface area (Å²) >= 11 is 7.35. The molecular formula is C23H27ClN2O4S. The Morgan fingerprint density at radius 3 is 2.42 bits per heavy atom. The Morgan fingerprint density at radius 1 is 1.13 bits per heavy atom. The number of aliphatic carboxylic acids is 1. The number of halogens is 1. The standard InChI is InChI=1S/C23H27ClN2O4S/c1-23(2,3)13-4-9-16-17(12-13)31-22(26-18(27)10-11-19(28)29)20(16)21(30)25-15-7-5-14(24)6-8-15/h5-8,13H,4,9-12H2,1-3H3,(H,25,30)(H,26,27)(H,28,29). The van der Waals surface area contributed by atoms with Crippen LogP contribution < -0.4 is 10.6 Å². The summed E-state index contributed by atoms with van der Waals surface area (Å²) in [5, 5.41) is 15.6. The molecule has 2 amide bonds. The summed E-state index contributed by atoms with van der Waals surface area (Å²) in [6.45, 7) is 6.66. The van der Waals surface area contributed by atoms with Gasteiger partial charge in [-0.05, 0) is 60.4 Å². The lowest BCUT2D eigenvalue weighted by Crippen LogP contribution is -2.27. The monoisotopic (exact) mass is 462 g/mol. The molecule has 1 unspecified atom stereocenters. The van der Waals surface area contributed by atoms with Crippen molar-refractivity contribution in [3.05, 3.63) is 45.3 Å². The molecule has 1 aliphatic rings. The van der Waals surface area contributed by atoms with Gasteiger partial charge in [0, 0.05) is 22.0 Å². The lowest BCUT2D eigenvalue weighted by atomic mass is 9.72. The molecular weight excluding hydrogens is 436 g/mol. The Balaban J connectivity index is 1.90. The van der Waals surface area contributed by atoms with E-state index in [2.05, 4.69) is 31.4 Å². The topological polar surface area (TPSA) is 95.5 Å². The summed E-state index contributed by atoms with van der Waals surface area (Å²) < 4.78 is 0. The first kappa shape index (κ1) is 23.3. The van der Waals surface area contributed by atoms with Crippen molar-refractivity contribution < 1.29 is 19.5 Å². The van der Waals surface area contributed by atoms with Crippen molar-refractivity contribution in [2.75, 3.05) is 10.6 Å². The van der Waals surface area contributed by atoms with Crippen LogP contribution in [0.2, 0.25) is 5.02 Å². The van der Waals surface area contributed by atoms with Crippen molar-refractivity contribution in [3.63, 3.8) is 0 Å². The number of amides is 2. The minimum Gasteiger partial charge on any atom is -0.481 e. The van der Waals surface area contributed by atoms with E-state index < -0.39 is 11.9 Å². The first-order chi connectivity index (χ1) is 14.5. The number of fused-ring (bicyclic) bond motifs is 1. The second-order valence-corrected chi connectivity index (χ2v) is 10.5. The predicted molar refractivity (Wildman–Crippen MR) is 124 cm³/mol. The molecule has 8 heteroatoms. The molecule has 0 saturated heterocycles. The van der Waals surface area contributed by atoms with Gasteiger partial charge in [-0.3, -0.25) is 14.4 Å². The van der Waals surface area contributed by atoms with Crippen LogP contribution in [0, 0.1) is 11.3 Å². The minimum atomic E-state index is -1.03. The molecule has 1 aliphatic carbocycles. The summed E-state index contributed by atoms with van der Waals surface area (Å²) in [5.41, 5.74) is 2.22. The van der Waals surface area contributed by atoms with Gasteiger partial charge in [-0.2, -0.15) is 0 Å². The third kappa shape index (κ3) is 5.86. The number of anilines is 2. The number of hydrogen-bond donors (Lipinski definition) is 3. The zero-order chi connectivity index (χ0) is 22.8. The molecule has 1 heterocycles. The lowest BCUT2D eigenvalue weighted by molar-refractivity contribution is -0.138. The highest BCUT2D eigenvalue weighted by atomic mass is 35.5. The number of nitrogens with one attached hydrogen (secondary N) is 2. The number of carbonyl (C=O) groups excluding carboxylic acids is 2. The number of thiophene rings is 1.